The number of carbonyl (C=O) groups is 1. The van der Waals surface area contributed by atoms with Gasteiger partial charge in [0, 0.05) is 0 Å². The van der Waals surface area contributed by atoms with Gasteiger partial charge in [0.05, 0.1) is 11.3 Å². The molecule has 2 aromatic carbocycles. The molecule has 0 unspecified atom stereocenters. The van der Waals surface area contributed by atoms with E-state index < -0.39 is 15.6 Å². The van der Waals surface area contributed by atoms with Gasteiger partial charge in [-0.2, -0.15) is 0 Å². The number of para-hydroxylation sites is 1. The minimum Gasteiger partial charge on any atom is -0.484 e. The zero-order valence-corrected chi connectivity index (χ0v) is 15.1. The fraction of sp³-hybridized carbons (Fsp3) is 0.278. The van der Waals surface area contributed by atoms with Crippen molar-refractivity contribution in [3.8, 4) is 5.75 Å². The number of carbonyl (C=O) groups excluding carboxylic acids is 1. The van der Waals surface area contributed by atoms with Gasteiger partial charge in [-0.25, -0.2) is 4.39 Å². The second-order valence-corrected chi connectivity index (χ2v) is 8.03. The highest BCUT2D eigenvalue weighted by atomic mass is 35.5. The molecule has 1 N–H and O–H groups in total. The van der Waals surface area contributed by atoms with Crippen molar-refractivity contribution in [2.45, 2.75) is 30.6 Å². The first-order chi connectivity index (χ1) is 11.2. The second kappa shape index (κ2) is 5.97. The van der Waals surface area contributed by atoms with Crippen molar-refractivity contribution in [2.75, 3.05) is 4.72 Å². The zero-order valence-electron chi connectivity index (χ0n) is 13.5. The fourth-order valence-corrected chi connectivity index (χ4v) is 3.69. The molecular formula is C18H17ClFNO2S. The smallest absolute Gasteiger partial charge is 0.210 e. The van der Waals surface area contributed by atoms with Crippen LogP contribution < -0.4 is 9.46 Å². The third-order valence-electron chi connectivity index (χ3n) is 3.99. The number of fused-ring (bicyclic) bond motifs is 1. The number of hydrogen-bond donors (Lipinski definition) is 1. The fourth-order valence-electron chi connectivity index (χ4n) is 2.53. The van der Waals surface area contributed by atoms with Crippen molar-refractivity contribution < 1.29 is 13.9 Å². The Hall–Kier alpha value is -1.72. The lowest BCUT2D eigenvalue weighted by Gasteiger charge is -2.43. The molecule has 6 heteroatoms. The molecule has 2 aromatic rings. The van der Waals surface area contributed by atoms with Gasteiger partial charge in [0.25, 0.3) is 0 Å². The van der Waals surface area contributed by atoms with E-state index >= 15 is 0 Å². The molecule has 0 aliphatic carbocycles. The predicted octanol–water partition coefficient (Wildman–Crippen LogP) is 5.18. The largest absolute Gasteiger partial charge is 0.484 e. The van der Waals surface area contributed by atoms with Gasteiger partial charge < -0.3 is 9.46 Å². The van der Waals surface area contributed by atoms with Crippen molar-refractivity contribution in [3.63, 3.8) is 0 Å². The van der Waals surface area contributed by atoms with Crippen molar-refractivity contribution >= 4 is 35.0 Å². The SMILES string of the molecule is Cc1ccc(NS[C@@]2(Cl)C(=O)c3ccccc3OC2(C)C)c(F)c1. The lowest BCUT2D eigenvalue weighted by atomic mass is 9.92. The number of rotatable bonds is 3. The third kappa shape index (κ3) is 2.76. The molecule has 0 fully saturated rings. The van der Waals surface area contributed by atoms with Crippen molar-refractivity contribution in [1.82, 2.24) is 0 Å². The number of nitrogens with one attached hydrogen (secondary N) is 1. The minimum atomic E-state index is -1.43. The number of alkyl halides is 1. The summed E-state index contributed by atoms with van der Waals surface area (Å²) < 4.78 is 21.4. The first-order valence-electron chi connectivity index (χ1n) is 7.46. The molecule has 1 aliphatic heterocycles. The number of hydrogen-bond acceptors (Lipinski definition) is 4. The molecule has 0 saturated carbocycles. The van der Waals surface area contributed by atoms with E-state index in [0.29, 0.717) is 11.3 Å². The first kappa shape index (κ1) is 17.1. The van der Waals surface area contributed by atoms with Crippen molar-refractivity contribution in [1.29, 1.82) is 0 Å². The number of aryl methyl sites for hydroxylation is 1. The number of halogens is 2. The van der Waals surface area contributed by atoms with Crippen LogP contribution in [0, 0.1) is 12.7 Å². The maximum Gasteiger partial charge on any atom is 0.210 e. The number of ether oxygens (including phenoxy) is 1. The van der Waals surface area contributed by atoms with Crippen LogP contribution in [0.1, 0.15) is 29.8 Å². The van der Waals surface area contributed by atoms with E-state index in [4.69, 9.17) is 16.3 Å². The van der Waals surface area contributed by atoms with Crippen LogP contribution in [0.4, 0.5) is 10.1 Å². The minimum absolute atomic E-state index is 0.263. The Morgan fingerprint density at radius 1 is 1.21 bits per heavy atom. The number of anilines is 1. The van der Waals surface area contributed by atoms with E-state index in [0.717, 1.165) is 17.5 Å². The Balaban J connectivity index is 1.92. The van der Waals surface area contributed by atoms with E-state index in [1.165, 1.54) is 6.07 Å². The van der Waals surface area contributed by atoms with Gasteiger partial charge in [-0.1, -0.05) is 29.8 Å². The molecule has 0 bridgehead atoms. The predicted molar refractivity (Wildman–Crippen MR) is 96.4 cm³/mol. The van der Waals surface area contributed by atoms with E-state index in [1.54, 1.807) is 50.2 Å². The lowest BCUT2D eigenvalue weighted by molar-refractivity contribution is 0.0579. The molecule has 0 radical (unpaired) electrons. The summed E-state index contributed by atoms with van der Waals surface area (Å²) in [6.07, 6.45) is 0. The van der Waals surface area contributed by atoms with Crippen LogP contribution in [0.15, 0.2) is 42.5 Å². The Kier molecular flexibility index (Phi) is 4.26. The highest BCUT2D eigenvalue weighted by molar-refractivity contribution is 8.04. The van der Waals surface area contributed by atoms with Crippen molar-refractivity contribution in [2.24, 2.45) is 0 Å². The Morgan fingerprint density at radius 2 is 1.92 bits per heavy atom. The summed E-state index contributed by atoms with van der Waals surface area (Å²) in [5.41, 5.74) is 0.521. The standard InChI is InChI=1S/C18H17ClFNO2S/c1-11-8-9-14(13(20)10-11)21-24-18(19)16(22)12-6-4-5-7-15(12)23-17(18,2)3/h4-10,21H,1-3H3/t18-/m0/s1. The summed E-state index contributed by atoms with van der Waals surface area (Å²) in [6, 6.07) is 11.8. The van der Waals surface area contributed by atoms with E-state index in [1.807, 2.05) is 6.92 Å². The molecular weight excluding hydrogens is 349 g/mol. The van der Waals surface area contributed by atoms with Crippen LogP contribution in [0.25, 0.3) is 0 Å². The van der Waals surface area contributed by atoms with Gasteiger partial charge in [0.2, 0.25) is 9.99 Å². The summed E-state index contributed by atoms with van der Waals surface area (Å²) >= 11 is 7.63. The molecule has 1 heterocycles. The monoisotopic (exact) mass is 365 g/mol. The molecule has 3 nitrogen and oxygen atoms in total. The molecule has 24 heavy (non-hydrogen) atoms. The zero-order chi connectivity index (χ0) is 17.5. The molecule has 126 valence electrons. The normalized spacial score (nSPS) is 21.8. The van der Waals surface area contributed by atoms with Crippen LogP contribution in [-0.2, 0) is 0 Å². The average molecular weight is 366 g/mol. The van der Waals surface area contributed by atoms with Crippen LogP contribution in [0.2, 0.25) is 0 Å². The molecule has 1 aliphatic rings. The van der Waals surface area contributed by atoms with Crippen LogP contribution in [0.3, 0.4) is 0 Å². The van der Waals surface area contributed by atoms with Crippen LogP contribution in [-0.4, -0.2) is 15.6 Å². The molecule has 0 aromatic heterocycles. The summed E-state index contributed by atoms with van der Waals surface area (Å²) in [5.74, 6) is -0.155. The molecule has 1 atom stereocenters. The van der Waals surface area contributed by atoms with Crippen molar-refractivity contribution in [3.05, 3.63) is 59.4 Å². The molecule has 0 amide bonds. The number of Topliss-reactive ketones (excluding diaryl/α,β-unsaturated/α-hetero) is 1. The van der Waals surface area contributed by atoms with Crippen LogP contribution in [0.5, 0.6) is 5.75 Å². The average Bonchev–Trinajstić information content (AvgIpc) is 2.52. The van der Waals surface area contributed by atoms with Gasteiger partial charge in [-0.05, 0) is 62.5 Å². The quantitative estimate of drug-likeness (QED) is 0.600. The van der Waals surface area contributed by atoms with E-state index in [9.17, 15) is 9.18 Å². The highest BCUT2D eigenvalue weighted by Gasteiger charge is 2.57. The van der Waals surface area contributed by atoms with E-state index in [2.05, 4.69) is 4.72 Å². The summed E-state index contributed by atoms with van der Waals surface area (Å²) in [4.78, 5) is 12.9. The van der Waals surface area contributed by atoms with E-state index in [-0.39, 0.29) is 11.5 Å². The Labute approximate surface area is 149 Å². The number of benzene rings is 2. The van der Waals surface area contributed by atoms with Gasteiger partial charge in [0.1, 0.15) is 17.2 Å². The second-order valence-electron chi connectivity index (χ2n) is 6.22. The highest BCUT2D eigenvalue weighted by Crippen LogP contribution is 2.50. The van der Waals surface area contributed by atoms with Gasteiger partial charge >= 0.3 is 0 Å². The summed E-state index contributed by atoms with van der Waals surface area (Å²) in [7, 11) is 0. The van der Waals surface area contributed by atoms with Gasteiger partial charge in [-0.3, -0.25) is 4.79 Å². The third-order valence-corrected chi connectivity index (χ3v) is 6.13. The maximum atomic E-state index is 14.0. The molecule has 3 rings (SSSR count). The summed E-state index contributed by atoms with van der Waals surface area (Å²) in [6.45, 7) is 5.30. The van der Waals surface area contributed by atoms with Gasteiger partial charge in [-0.15, -0.1) is 0 Å². The Morgan fingerprint density at radius 3 is 2.62 bits per heavy atom. The Bertz CT molecular complexity index is 811. The topological polar surface area (TPSA) is 38.3 Å². The molecule has 0 spiro atoms. The molecule has 0 saturated heterocycles. The number of ketones is 1. The lowest BCUT2D eigenvalue weighted by Crippen LogP contribution is -2.56. The maximum absolute atomic E-state index is 14.0. The summed E-state index contributed by atoms with van der Waals surface area (Å²) in [5, 5.41) is 0. The first-order valence-corrected chi connectivity index (χ1v) is 8.66. The van der Waals surface area contributed by atoms with Gasteiger partial charge in [0.15, 0.2) is 0 Å². The van der Waals surface area contributed by atoms with Crippen LogP contribution >= 0.6 is 23.5 Å².